The van der Waals surface area contributed by atoms with Gasteiger partial charge in [0.15, 0.2) is 11.3 Å². The largest absolute Gasteiger partial charge is 0.459 e. The second kappa shape index (κ2) is 10.3. The average molecular weight is 461 g/mol. The summed E-state index contributed by atoms with van der Waals surface area (Å²) in [7, 11) is 0. The van der Waals surface area contributed by atoms with Crippen molar-refractivity contribution in [3.63, 3.8) is 0 Å². The normalized spacial score (nSPS) is 15.4. The van der Waals surface area contributed by atoms with Crippen molar-refractivity contribution in [2.24, 2.45) is 11.7 Å². The fourth-order valence-electron chi connectivity index (χ4n) is 4.94. The zero-order valence-electron chi connectivity index (χ0n) is 18.9. The lowest BCUT2D eigenvalue weighted by molar-refractivity contribution is -0.152. The van der Waals surface area contributed by atoms with Crippen LogP contribution in [0.4, 0.5) is 0 Å². The van der Waals surface area contributed by atoms with Crippen molar-refractivity contribution in [1.29, 1.82) is 0 Å². The molecule has 2 aromatic heterocycles. The van der Waals surface area contributed by atoms with Crippen molar-refractivity contribution >= 4 is 17.7 Å². The number of benzene rings is 1. The Bertz CT molecular complexity index is 1110. The van der Waals surface area contributed by atoms with Crippen LogP contribution in [0.3, 0.4) is 0 Å². The van der Waals surface area contributed by atoms with Gasteiger partial charge in [-0.1, -0.05) is 49.2 Å². The van der Waals surface area contributed by atoms with Crippen LogP contribution in [-0.2, 0) is 21.7 Å². The number of hydrogen-bond donors (Lipinski definition) is 2. The van der Waals surface area contributed by atoms with Crippen molar-refractivity contribution in [3.8, 4) is 0 Å². The lowest BCUT2D eigenvalue weighted by Gasteiger charge is -2.46. The number of nitrogens with two attached hydrogens (primary N) is 1. The molecule has 0 radical (unpaired) electrons. The van der Waals surface area contributed by atoms with Gasteiger partial charge in [0.25, 0.3) is 5.91 Å². The first-order valence-corrected chi connectivity index (χ1v) is 11.4. The van der Waals surface area contributed by atoms with Crippen LogP contribution in [0.2, 0.25) is 0 Å². The first-order chi connectivity index (χ1) is 16.5. The van der Waals surface area contributed by atoms with Crippen molar-refractivity contribution < 1.29 is 18.8 Å². The third-order valence-corrected chi connectivity index (χ3v) is 6.48. The fourth-order valence-corrected chi connectivity index (χ4v) is 4.94. The second-order valence-corrected chi connectivity index (χ2v) is 8.48. The smallest absolute Gasteiger partial charge is 0.287 e. The Morgan fingerprint density at radius 1 is 1.06 bits per heavy atom. The number of furan rings is 1. The monoisotopic (exact) mass is 460 g/mol. The molecule has 2 heterocycles. The van der Waals surface area contributed by atoms with Crippen LogP contribution < -0.4 is 11.1 Å². The number of primary amides is 1. The molecule has 3 aromatic rings. The lowest BCUT2D eigenvalue weighted by Crippen LogP contribution is -2.62. The molecule has 8 heteroatoms. The van der Waals surface area contributed by atoms with Crippen molar-refractivity contribution in [2.75, 3.05) is 6.54 Å². The molecule has 1 saturated carbocycles. The molecular formula is C26H28N4O4. The predicted octanol–water partition coefficient (Wildman–Crippen LogP) is 3.00. The minimum atomic E-state index is -1.40. The summed E-state index contributed by atoms with van der Waals surface area (Å²) in [5, 5.41) is 2.61. The molecule has 3 N–H and O–H groups in total. The van der Waals surface area contributed by atoms with Crippen LogP contribution in [0, 0.1) is 5.92 Å². The van der Waals surface area contributed by atoms with E-state index in [1.165, 1.54) is 17.2 Å². The molecule has 34 heavy (non-hydrogen) atoms. The number of amides is 3. The van der Waals surface area contributed by atoms with Gasteiger partial charge in [0.2, 0.25) is 11.8 Å². The molecular weight excluding hydrogens is 432 g/mol. The first-order valence-electron chi connectivity index (χ1n) is 11.4. The summed E-state index contributed by atoms with van der Waals surface area (Å²) in [6.45, 7) is -0.154. The van der Waals surface area contributed by atoms with Crippen molar-refractivity contribution in [1.82, 2.24) is 15.2 Å². The third kappa shape index (κ3) is 4.57. The minimum absolute atomic E-state index is 0.103. The van der Waals surface area contributed by atoms with Crippen LogP contribution in [-0.4, -0.2) is 34.2 Å². The number of hydrogen-bond acceptors (Lipinski definition) is 5. The zero-order valence-corrected chi connectivity index (χ0v) is 18.9. The van der Waals surface area contributed by atoms with Gasteiger partial charge in [-0.2, -0.15) is 0 Å². The standard InChI is InChI=1S/C26H28N4O4/c27-25(33)26(20-10-4-5-11-20,21-12-6-14-28-16-21)30(18-19-8-2-1-3-9-19)23(31)17-29-24(32)22-13-7-15-34-22/h1-3,6-9,12-16,20H,4-5,10-11,17-18H2,(H2,27,33)(H,29,32). The topological polar surface area (TPSA) is 119 Å². The van der Waals surface area contributed by atoms with Gasteiger partial charge < -0.3 is 20.4 Å². The van der Waals surface area contributed by atoms with Crippen LogP contribution in [0.5, 0.6) is 0 Å². The van der Waals surface area contributed by atoms with Gasteiger partial charge in [-0.05, 0) is 42.5 Å². The third-order valence-electron chi connectivity index (χ3n) is 6.48. The fraction of sp³-hybridized carbons (Fsp3) is 0.308. The highest BCUT2D eigenvalue weighted by Crippen LogP contribution is 2.45. The van der Waals surface area contributed by atoms with E-state index in [9.17, 15) is 14.4 Å². The highest BCUT2D eigenvalue weighted by Gasteiger charge is 2.53. The molecule has 1 aliphatic carbocycles. The SMILES string of the molecule is NC(=O)C(c1cccnc1)(C1CCCC1)N(Cc1ccccc1)C(=O)CNC(=O)c1ccco1. The van der Waals surface area contributed by atoms with Gasteiger partial charge in [-0.15, -0.1) is 0 Å². The van der Waals surface area contributed by atoms with E-state index in [1.807, 2.05) is 30.3 Å². The summed E-state index contributed by atoms with van der Waals surface area (Å²) < 4.78 is 5.12. The van der Waals surface area contributed by atoms with Gasteiger partial charge in [-0.25, -0.2) is 0 Å². The Balaban J connectivity index is 1.75. The predicted molar refractivity (Wildman–Crippen MR) is 125 cm³/mol. The molecule has 1 aliphatic rings. The van der Waals surface area contributed by atoms with E-state index in [1.54, 1.807) is 30.6 Å². The average Bonchev–Trinajstić information content (AvgIpc) is 3.58. The Hall–Kier alpha value is -3.94. The Morgan fingerprint density at radius 2 is 1.82 bits per heavy atom. The second-order valence-electron chi connectivity index (χ2n) is 8.48. The minimum Gasteiger partial charge on any atom is -0.459 e. The van der Waals surface area contributed by atoms with Crippen molar-refractivity contribution in [3.05, 3.63) is 90.1 Å². The molecule has 1 fully saturated rings. The van der Waals surface area contributed by atoms with Crippen LogP contribution in [0.1, 0.15) is 47.4 Å². The summed E-state index contributed by atoms with van der Waals surface area (Å²) in [6, 6.07) is 16.1. The van der Waals surface area contributed by atoms with Crippen LogP contribution in [0.15, 0.2) is 77.7 Å². The van der Waals surface area contributed by atoms with Gasteiger partial charge in [-0.3, -0.25) is 19.4 Å². The molecule has 0 saturated heterocycles. The maximum Gasteiger partial charge on any atom is 0.287 e. The van der Waals surface area contributed by atoms with Crippen LogP contribution >= 0.6 is 0 Å². The molecule has 1 aromatic carbocycles. The molecule has 176 valence electrons. The molecule has 1 atom stereocenters. The first kappa shape index (κ1) is 23.2. The van der Waals surface area contributed by atoms with Gasteiger partial charge >= 0.3 is 0 Å². The summed E-state index contributed by atoms with van der Waals surface area (Å²) in [5.41, 5.74) is 6.18. The number of pyridine rings is 1. The Labute approximate surface area is 198 Å². The molecule has 0 bridgehead atoms. The summed E-state index contributed by atoms with van der Waals surface area (Å²) >= 11 is 0. The number of carbonyl (C=O) groups is 3. The summed E-state index contributed by atoms with van der Waals surface area (Å²) in [6.07, 6.45) is 8.03. The number of nitrogens with one attached hydrogen (secondary N) is 1. The Kier molecular flexibility index (Phi) is 7.06. The quantitative estimate of drug-likeness (QED) is 0.509. The maximum absolute atomic E-state index is 13.8. The van der Waals surface area contributed by atoms with E-state index in [2.05, 4.69) is 10.3 Å². The van der Waals surface area contributed by atoms with Crippen LogP contribution in [0.25, 0.3) is 0 Å². The Morgan fingerprint density at radius 3 is 2.44 bits per heavy atom. The molecule has 8 nitrogen and oxygen atoms in total. The van der Waals surface area contributed by atoms with Crippen molar-refractivity contribution in [2.45, 2.75) is 37.8 Å². The lowest BCUT2D eigenvalue weighted by atomic mass is 9.74. The van der Waals surface area contributed by atoms with Gasteiger partial charge in [0, 0.05) is 24.5 Å². The van der Waals surface area contributed by atoms with Gasteiger partial charge in [0.1, 0.15) is 0 Å². The number of nitrogens with zero attached hydrogens (tertiary/aromatic N) is 2. The zero-order chi connectivity index (χ0) is 24.0. The van der Waals surface area contributed by atoms with E-state index in [-0.39, 0.29) is 24.8 Å². The molecule has 3 amide bonds. The highest BCUT2D eigenvalue weighted by atomic mass is 16.3. The molecule has 1 unspecified atom stereocenters. The molecule has 4 rings (SSSR count). The van der Waals surface area contributed by atoms with E-state index in [0.29, 0.717) is 5.56 Å². The molecule has 0 aliphatic heterocycles. The van der Waals surface area contributed by atoms with E-state index in [0.717, 1.165) is 31.2 Å². The summed E-state index contributed by atoms with van der Waals surface area (Å²) in [4.78, 5) is 45.3. The number of rotatable bonds is 9. The highest BCUT2D eigenvalue weighted by molar-refractivity contribution is 5.96. The van der Waals surface area contributed by atoms with E-state index in [4.69, 9.17) is 10.2 Å². The van der Waals surface area contributed by atoms with E-state index < -0.39 is 23.3 Å². The summed E-state index contributed by atoms with van der Waals surface area (Å²) in [5.74, 6) is -1.59. The number of carbonyl (C=O) groups excluding carboxylic acids is 3. The maximum atomic E-state index is 13.8. The molecule has 0 spiro atoms. The van der Waals surface area contributed by atoms with E-state index >= 15 is 0 Å². The van der Waals surface area contributed by atoms with Gasteiger partial charge in [0.05, 0.1) is 12.8 Å². The number of aromatic nitrogens is 1.